The number of ether oxygens (including phenoxy) is 2. The number of nitrogens with zero attached hydrogens (tertiary/aromatic N) is 3. The number of thiazole rings is 1. The number of para-hydroxylation sites is 2. The Kier molecular flexibility index (Phi) is 8.29. The molecule has 0 saturated heterocycles. The van der Waals surface area contributed by atoms with E-state index in [-0.39, 0.29) is 12.2 Å². The second-order valence-electron chi connectivity index (χ2n) is 9.62. The molecule has 0 aliphatic carbocycles. The summed E-state index contributed by atoms with van der Waals surface area (Å²) in [6.45, 7) is 3.93. The third kappa shape index (κ3) is 5.67. The minimum Gasteiger partial charge on any atom is -0.496 e. The molecule has 0 spiro atoms. The molecule has 4 heterocycles. The molecule has 0 saturated carbocycles. The number of aromatic nitrogens is 3. The number of hydrogen-bond acceptors (Lipinski definition) is 9. The van der Waals surface area contributed by atoms with Gasteiger partial charge in [0.25, 0.3) is 5.56 Å². The van der Waals surface area contributed by atoms with Gasteiger partial charge in [0.1, 0.15) is 17.6 Å². The fraction of sp³-hybridized carbons (Fsp3) is 0.226. The lowest BCUT2D eigenvalue weighted by atomic mass is 9.93. The number of hydrogen-bond donors (Lipinski definition) is 1. The van der Waals surface area contributed by atoms with E-state index >= 15 is 0 Å². The molecule has 0 unspecified atom stereocenters. The first-order chi connectivity index (χ1) is 20.9. The monoisotopic (exact) mass is 634 g/mol. The lowest BCUT2D eigenvalue weighted by Crippen LogP contribution is -2.40. The molecule has 9 nitrogen and oxygen atoms in total. The van der Waals surface area contributed by atoms with E-state index in [4.69, 9.17) is 30.5 Å². The van der Waals surface area contributed by atoms with Gasteiger partial charge in [-0.2, -0.15) is 0 Å². The van der Waals surface area contributed by atoms with Gasteiger partial charge in [-0.15, -0.1) is 0 Å². The largest absolute Gasteiger partial charge is 0.496 e. The van der Waals surface area contributed by atoms with Crippen LogP contribution in [0.25, 0.3) is 17.1 Å². The summed E-state index contributed by atoms with van der Waals surface area (Å²) in [4.78, 5) is 40.6. The molecule has 0 bridgehead atoms. The summed E-state index contributed by atoms with van der Waals surface area (Å²) in [7, 11) is 1.54. The van der Waals surface area contributed by atoms with Crippen LogP contribution in [0, 0.1) is 0 Å². The number of carbonyl (C=O) groups excluding carboxylic acids is 1. The van der Waals surface area contributed by atoms with E-state index < -0.39 is 12.0 Å². The maximum absolute atomic E-state index is 14.0. The molecule has 2 aromatic carbocycles. The van der Waals surface area contributed by atoms with Crippen molar-refractivity contribution in [2.24, 2.45) is 4.99 Å². The van der Waals surface area contributed by atoms with Crippen molar-refractivity contribution in [3.8, 4) is 5.75 Å². The highest BCUT2D eigenvalue weighted by Crippen LogP contribution is 2.38. The standard InChI is InChI=1S/C31H27ClN4O5S2/c1-4-8-22-26(29(38)40-5-2)27(19-15-17(32)11-13-23(19)39-3)36-28(37)24(42-31(36)35-22)16-18-12-14-25(41-18)43-30-33-20-9-6-7-10-21(20)34-30/h6-7,9-16,27H,4-5,8H2,1-3H3,(H,33,34)/b24-16+/t27-/m1/s1. The van der Waals surface area contributed by atoms with Crippen LogP contribution in [-0.4, -0.2) is 34.2 Å². The number of H-pyrrole nitrogens is 1. The summed E-state index contributed by atoms with van der Waals surface area (Å²) in [6, 6.07) is 15.7. The average molecular weight is 635 g/mol. The van der Waals surface area contributed by atoms with Crippen molar-refractivity contribution < 1.29 is 18.7 Å². The predicted octanol–water partition coefficient (Wildman–Crippen LogP) is 5.86. The van der Waals surface area contributed by atoms with Gasteiger partial charge < -0.3 is 18.9 Å². The molecule has 12 heteroatoms. The van der Waals surface area contributed by atoms with E-state index in [0.29, 0.717) is 59.4 Å². The van der Waals surface area contributed by atoms with Gasteiger partial charge in [0, 0.05) is 16.7 Å². The number of benzene rings is 2. The van der Waals surface area contributed by atoms with E-state index in [2.05, 4.69) is 9.97 Å². The van der Waals surface area contributed by atoms with Crippen molar-refractivity contribution in [3.05, 3.63) is 102 Å². The molecule has 220 valence electrons. The number of imidazole rings is 1. The minimum absolute atomic E-state index is 0.179. The first-order valence-corrected chi connectivity index (χ1v) is 15.7. The number of nitrogens with one attached hydrogen (secondary N) is 1. The fourth-order valence-electron chi connectivity index (χ4n) is 5.00. The van der Waals surface area contributed by atoms with Gasteiger partial charge in [0.05, 0.1) is 40.6 Å². The molecular formula is C31H27ClN4O5S2. The Morgan fingerprint density at radius 3 is 2.81 bits per heavy atom. The summed E-state index contributed by atoms with van der Waals surface area (Å²) in [6.07, 6.45) is 2.96. The van der Waals surface area contributed by atoms with Gasteiger partial charge in [-0.1, -0.05) is 48.4 Å². The number of halogens is 1. The fourth-order valence-corrected chi connectivity index (χ4v) is 6.95. The van der Waals surface area contributed by atoms with E-state index in [0.717, 1.165) is 17.5 Å². The first-order valence-electron chi connectivity index (χ1n) is 13.7. The number of fused-ring (bicyclic) bond motifs is 2. The second-order valence-corrected chi connectivity index (χ2v) is 12.1. The van der Waals surface area contributed by atoms with Crippen LogP contribution in [0.1, 0.15) is 44.1 Å². The normalized spacial score (nSPS) is 15.1. The Morgan fingerprint density at radius 2 is 2.05 bits per heavy atom. The average Bonchev–Trinajstić information content (AvgIpc) is 3.70. The zero-order valence-corrected chi connectivity index (χ0v) is 25.9. The molecule has 0 amide bonds. The Balaban J connectivity index is 1.45. The van der Waals surface area contributed by atoms with Crippen molar-refractivity contribution in [3.63, 3.8) is 0 Å². The summed E-state index contributed by atoms with van der Waals surface area (Å²) in [5.74, 6) is 0.454. The van der Waals surface area contributed by atoms with E-state index in [1.807, 2.05) is 37.3 Å². The van der Waals surface area contributed by atoms with Crippen LogP contribution < -0.4 is 19.6 Å². The lowest BCUT2D eigenvalue weighted by Gasteiger charge is -2.27. The van der Waals surface area contributed by atoms with Gasteiger partial charge in [0.15, 0.2) is 15.1 Å². The Morgan fingerprint density at radius 1 is 1.21 bits per heavy atom. The highest BCUT2D eigenvalue weighted by molar-refractivity contribution is 7.99. The Hall–Kier alpha value is -4.06. The second kappa shape index (κ2) is 12.3. The molecule has 1 aliphatic heterocycles. The molecule has 1 aliphatic rings. The van der Waals surface area contributed by atoms with Gasteiger partial charge in [-0.25, -0.2) is 14.8 Å². The quantitative estimate of drug-likeness (QED) is 0.202. The highest BCUT2D eigenvalue weighted by Gasteiger charge is 2.36. The lowest BCUT2D eigenvalue weighted by molar-refractivity contribution is -0.139. The van der Waals surface area contributed by atoms with Crippen LogP contribution in [0.2, 0.25) is 5.02 Å². The van der Waals surface area contributed by atoms with Crippen molar-refractivity contribution >= 4 is 57.8 Å². The molecule has 1 N–H and O–H groups in total. The van der Waals surface area contributed by atoms with Crippen LogP contribution in [0.4, 0.5) is 0 Å². The molecule has 5 aromatic rings. The molecule has 6 rings (SSSR count). The molecular weight excluding hydrogens is 608 g/mol. The van der Waals surface area contributed by atoms with Crippen LogP contribution in [0.5, 0.6) is 5.75 Å². The first kappa shape index (κ1) is 29.0. The smallest absolute Gasteiger partial charge is 0.338 e. The Labute approximate surface area is 259 Å². The van der Waals surface area contributed by atoms with Gasteiger partial charge >= 0.3 is 5.97 Å². The maximum Gasteiger partial charge on any atom is 0.338 e. The number of methoxy groups -OCH3 is 1. The van der Waals surface area contributed by atoms with Crippen LogP contribution >= 0.6 is 34.7 Å². The number of carbonyl (C=O) groups is 1. The predicted molar refractivity (Wildman–Crippen MR) is 167 cm³/mol. The SMILES string of the molecule is CCCC1=C(C(=O)OCC)[C@@H](c2cc(Cl)ccc2OC)n2c(s/c(=C/c3ccc(Sc4nc5ccccc5[nH]4)o3)c2=O)=N1. The number of esters is 1. The minimum atomic E-state index is -0.844. The Bertz CT molecular complexity index is 2020. The molecule has 3 aromatic heterocycles. The van der Waals surface area contributed by atoms with Crippen LogP contribution in [0.15, 0.2) is 90.3 Å². The maximum atomic E-state index is 14.0. The third-order valence-corrected chi connectivity index (χ3v) is 8.84. The van der Waals surface area contributed by atoms with Crippen LogP contribution in [0.3, 0.4) is 0 Å². The summed E-state index contributed by atoms with van der Waals surface area (Å²) in [5, 5.41) is 1.77. The van der Waals surface area contributed by atoms with E-state index in [9.17, 15) is 9.59 Å². The summed E-state index contributed by atoms with van der Waals surface area (Å²) in [5.41, 5.74) is 2.92. The van der Waals surface area contributed by atoms with Crippen molar-refractivity contribution in [1.82, 2.24) is 14.5 Å². The van der Waals surface area contributed by atoms with Gasteiger partial charge in [0.2, 0.25) is 0 Å². The zero-order valence-electron chi connectivity index (χ0n) is 23.5. The number of furan rings is 1. The zero-order chi connectivity index (χ0) is 30.1. The van der Waals surface area contributed by atoms with Crippen molar-refractivity contribution in [2.45, 2.75) is 43.0 Å². The summed E-state index contributed by atoms with van der Waals surface area (Å²) < 4.78 is 19.1. The van der Waals surface area contributed by atoms with Crippen molar-refractivity contribution in [2.75, 3.05) is 13.7 Å². The number of rotatable bonds is 9. The molecule has 1 atom stereocenters. The molecule has 43 heavy (non-hydrogen) atoms. The molecule has 0 radical (unpaired) electrons. The molecule has 0 fully saturated rings. The number of allylic oxidation sites excluding steroid dienone is 1. The third-order valence-electron chi connectivity index (χ3n) is 6.82. The van der Waals surface area contributed by atoms with E-state index in [1.165, 1.54) is 34.8 Å². The van der Waals surface area contributed by atoms with Crippen molar-refractivity contribution in [1.29, 1.82) is 0 Å². The van der Waals surface area contributed by atoms with Gasteiger partial charge in [-0.05, 0) is 67.6 Å². The van der Waals surface area contributed by atoms with Gasteiger partial charge in [-0.3, -0.25) is 9.36 Å². The highest BCUT2D eigenvalue weighted by atomic mass is 35.5. The summed E-state index contributed by atoms with van der Waals surface area (Å²) >= 11 is 9.00. The topological polar surface area (TPSA) is 112 Å². The van der Waals surface area contributed by atoms with E-state index in [1.54, 1.807) is 37.3 Å². The van der Waals surface area contributed by atoms with Crippen LogP contribution in [-0.2, 0) is 9.53 Å². The number of aromatic amines is 1.